The highest BCUT2D eigenvalue weighted by molar-refractivity contribution is 5.71. The number of unbranched alkanes of at least 4 members (excludes halogenated alkanes) is 25. The molecule has 0 aliphatic heterocycles. The highest BCUT2D eigenvalue weighted by Gasteiger charge is 2.17. The minimum Gasteiger partial charge on any atom is -0.461 e. The zero-order chi connectivity index (χ0) is 46.3. The normalized spacial score (nSPS) is 12.9. The van der Waals surface area contributed by atoms with Gasteiger partial charge in [-0.25, -0.2) is 0 Å². The lowest BCUT2D eigenvalue weighted by atomic mass is 10.1. The average Bonchev–Trinajstić information content (AvgIpc) is 3.30. The third-order valence-corrected chi connectivity index (χ3v) is 11.4. The van der Waals surface area contributed by atoms with Crippen LogP contribution in [0.3, 0.4) is 0 Å². The van der Waals surface area contributed by atoms with Crippen LogP contribution in [0, 0.1) is 0 Å². The molecule has 0 fully saturated rings. The van der Waals surface area contributed by atoms with Gasteiger partial charge < -0.3 is 14.2 Å². The summed E-state index contributed by atoms with van der Waals surface area (Å²) in [5, 5.41) is 0. The monoisotopic (exact) mass is 891 g/mol. The maximum absolute atomic E-state index is 12.8. The molecule has 0 aliphatic rings. The zero-order valence-electron chi connectivity index (χ0n) is 42.3. The minimum atomic E-state index is -0.584. The maximum Gasteiger partial charge on any atom is 0.309 e. The van der Waals surface area contributed by atoms with Gasteiger partial charge in [0.1, 0.15) is 6.61 Å². The fraction of sp³-hybridized carbons (Fsp3) is 0.729. The number of rotatable bonds is 49. The van der Waals surface area contributed by atoms with Crippen LogP contribution in [0.2, 0.25) is 0 Å². The number of allylic oxidation sites excluding steroid dienone is 13. The quantitative estimate of drug-likeness (QED) is 0.0346. The summed E-state index contributed by atoms with van der Waals surface area (Å²) in [5.74, 6) is -0.552. The van der Waals surface area contributed by atoms with E-state index in [1.165, 1.54) is 148 Å². The van der Waals surface area contributed by atoms with Crippen LogP contribution in [0.15, 0.2) is 85.1 Å². The fourth-order valence-electron chi connectivity index (χ4n) is 7.40. The molecule has 0 aliphatic carbocycles. The van der Waals surface area contributed by atoms with Crippen molar-refractivity contribution in [2.45, 2.75) is 258 Å². The summed E-state index contributed by atoms with van der Waals surface area (Å²) in [7, 11) is 0. The SMILES string of the molecule is CC/C=C\C/C=C\C/C=C\C/C=C\C/C=C\CC(=O)OCC(COCCCCCCCCCCCC/C=C\CCCCCCCC)OC(=O)CCCCCCC/C=C\CCCCCC. The largest absolute Gasteiger partial charge is 0.461 e. The second-order valence-corrected chi connectivity index (χ2v) is 17.8. The molecule has 0 aromatic rings. The molecule has 0 bridgehead atoms. The number of ether oxygens (including phenoxy) is 3. The molecular weight excluding hydrogens is 789 g/mol. The van der Waals surface area contributed by atoms with Crippen LogP contribution in [-0.4, -0.2) is 37.9 Å². The number of hydrogen-bond acceptors (Lipinski definition) is 5. The van der Waals surface area contributed by atoms with Gasteiger partial charge in [-0.15, -0.1) is 0 Å². The predicted octanol–water partition coefficient (Wildman–Crippen LogP) is 18.5. The van der Waals surface area contributed by atoms with Gasteiger partial charge in [-0.2, -0.15) is 0 Å². The maximum atomic E-state index is 12.8. The van der Waals surface area contributed by atoms with Gasteiger partial charge in [-0.05, 0) is 96.3 Å². The van der Waals surface area contributed by atoms with E-state index in [0.717, 1.165) is 70.6 Å². The van der Waals surface area contributed by atoms with Crippen molar-refractivity contribution in [3.05, 3.63) is 85.1 Å². The highest BCUT2D eigenvalue weighted by Crippen LogP contribution is 2.14. The lowest BCUT2D eigenvalue weighted by molar-refractivity contribution is -0.162. The first-order valence-corrected chi connectivity index (χ1v) is 27.1. The Morgan fingerprint density at radius 2 is 0.750 bits per heavy atom. The topological polar surface area (TPSA) is 61.8 Å². The Hall–Kier alpha value is -2.92. The molecule has 0 heterocycles. The fourth-order valence-corrected chi connectivity index (χ4v) is 7.40. The van der Waals surface area contributed by atoms with Crippen molar-refractivity contribution >= 4 is 11.9 Å². The van der Waals surface area contributed by atoms with Gasteiger partial charge in [0.15, 0.2) is 6.10 Å². The van der Waals surface area contributed by atoms with Crippen molar-refractivity contribution in [3.63, 3.8) is 0 Å². The summed E-state index contributed by atoms with van der Waals surface area (Å²) in [4.78, 5) is 25.3. The molecular formula is C59H102O5. The Morgan fingerprint density at radius 1 is 0.375 bits per heavy atom. The molecule has 0 radical (unpaired) electrons. The Morgan fingerprint density at radius 3 is 1.20 bits per heavy atom. The van der Waals surface area contributed by atoms with Crippen LogP contribution in [0.4, 0.5) is 0 Å². The molecule has 0 spiro atoms. The number of esters is 2. The number of carbonyl (C=O) groups is 2. The van der Waals surface area contributed by atoms with Crippen molar-refractivity contribution in [3.8, 4) is 0 Å². The highest BCUT2D eigenvalue weighted by atomic mass is 16.6. The Labute approximate surface area is 397 Å². The van der Waals surface area contributed by atoms with Crippen molar-refractivity contribution in [2.24, 2.45) is 0 Å². The van der Waals surface area contributed by atoms with E-state index in [-0.39, 0.29) is 31.6 Å². The Balaban J connectivity index is 4.34. The molecule has 0 saturated heterocycles. The van der Waals surface area contributed by atoms with Gasteiger partial charge in [-0.1, -0.05) is 228 Å². The van der Waals surface area contributed by atoms with E-state index in [1.807, 2.05) is 12.2 Å². The van der Waals surface area contributed by atoms with E-state index < -0.39 is 6.10 Å². The first-order valence-electron chi connectivity index (χ1n) is 27.1. The summed E-state index contributed by atoms with van der Waals surface area (Å²) in [6.45, 7) is 7.59. The van der Waals surface area contributed by atoms with Gasteiger partial charge in [0.05, 0.1) is 13.0 Å². The van der Waals surface area contributed by atoms with Gasteiger partial charge in [0, 0.05) is 13.0 Å². The van der Waals surface area contributed by atoms with Gasteiger partial charge in [-0.3, -0.25) is 9.59 Å². The third kappa shape index (κ3) is 51.7. The van der Waals surface area contributed by atoms with Crippen LogP contribution in [-0.2, 0) is 23.8 Å². The molecule has 0 aromatic carbocycles. The summed E-state index contributed by atoms with van der Waals surface area (Å²) >= 11 is 0. The molecule has 368 valence electrons. The summed E-state index contributed by atoms with van der Waals surface area (Å²) in [6.07, 6.45) is 72.0. The minimum absolute atomic E-state index is 0.0252. The summed E-state index contributed by atoms with van der Waals surface area (Å²) in [5.41, 5.74) is 0. The van der Waals surface area contributed by atoms with E-state index in [4.69, 9.17) is 14.2 Å². The van der Waals surface area contributed by atoms with Crippen molar-refractivity contribution in [1.29, 1.82) is 0 Å². The molecule has 0 amide bonds. The second kappa shape index (κ2) is 54.4. The molecule has 1 atom stereocenters. The van der Waals surface area contributed by atoms with E-state index in [0.29, 0.717) is 13.0 Å². The zero-order valence-corrected chi connectivity index (χ0v) is 42.3. The lowest BCUT2D eigenvalue weighted by Crippen LogP contribution is -2.30. The average molecular weight is 891 g/mol. The van der Waals surface area contributed by atoms with Crippen LogP contribution < -0.4 is 0 Å². The molecule has 0 N–H and O–H groups in total. The molecule has 1 unspecified atom stereocenters. The smallest absolute Gasteiger partial charge is 0.309 e. The van der Waals surface area contributed by atoms with E-state index in [1.54, 1.807) is 0 Å². The lowest BCUT2D eigenvalue weighted by Gasteiger charge is -2.18. The first-order chi connectivity index (χ1) is 31.6. The van der Waals surface area contributed by atoms with Gasteiger partial charge in [0.2, 0.25) is 0 Å². The molecule has 5 heteroatoms. The summed E-state index contributed by atoms with van der Waals surface area (Å²) < 4.78 is 17.3. The summed E-state index contributed by atoms with van der Waals surface area (Å²) in [6, 6.07) is 0. The standard InChI is InChI=1S/C59H102O5/c1-4-7-10-13-16-19-22-25-27-28-29-30-31-33-36-39-42-45-48-51-54-62-55-57(64-59(61)53-50-47-44-41-38-34-24-21-18-15-12-9-6-3)56-63-58(60)52-49-46-43-40-37-35-32-26-23-20-17-14-11-8-5-2/h8,11,17,20-21,24-27,32,37,40,46,49,57H,4-7,9-10,12-16,18-19,22-23,28-31,33-36,38-39,41-45,47-48,50-56H2,1-3H3/b11-8-,20-17-,24-21-,27-25-,32-26-,40-37-,49-46-. The van der Waals surface area contributed by atoms with Crippen LogP contribution in [0.5, 0.6) is 0 Å². The first kappa shape index (κ1) is 61.1. The van der Waals surface area contributed by atoms with Crippen molar-refractivity contribution in [1.82, 2.24) is 0 Å². The molecule has 0 aromatic heterocycles. The van der Waals surface area contributed by atoms with Crippen LogP contribution in [0.1, 0.15) is 252 Å². The predicted molar refractivity (Wildman–Crippen MR) is 279 cm³/mol. The van der Waals surface area contributed by atoms with Crippen molar-refractivity contribution < 1.29 is 23.8 Å². The van der Waals surface area contributed by atoms with E-state index in [2.05, 4.69) is 93.7 Å². The third-order valence-electron chi connectivity index (χ3n) is 11.4. The molecule has 5 nitrogen and oxygen atoms in total. The van der Waals surface area contributed by atoms with E-state index in [9.17, 15) is 9.59 Å². The van der Waals surface area contributed by atoms with Crippen LogP contribution >= 0.6 is 0 Å². The van der Waals surface area contributed by atoms with Crippen molar-refractivity contribution in [2.75, 3.05) is 19.8 Å². The van der Waals surface area contributed by atoms with Gasteiger partial charge >= 0.3 is 11.9 Å². The molecule has 0 saturated carbocycles. The van der Waals surface area contributed by atoms with Gasteiger partial charge in [0.25, 0.3) is 0 Å². The van der Waals surface area contributed by atoms with Crippen LogP contribution in [0.25, 0.3) is 0 Å². The second-order valence-electron chi connectivity index (χ2n) is 17.8. The Kier molecular flexibility index (Phi) is 51.9. The number of carbonyl (C=O) groups excluding carboxylic acids is 2. The molecule has 64 heavy (non-hydrogen) atoms. The van der Waals surface area contributed by atoms with E-state index >= 15 is 0 Å². The number of hydrogen-bond donors (Lipinski definition) is 0. The Bertz CT molecular complexity index is 1190. The molecule has 0 rings (SSSR count).